The molecule has 1 N–H and O–H groups in total. The zero-order valence-corrected chi connectivity index (χ0v) is 14.2. The summed E-state index contributed by atoms with van der Waals surface area (Å²) in [6, 6.07) is 8.05. The van der Waals surface area contributed by atoms with E-state index in [1.54, 1.807) is 23.6 Å². The van der Waals surface area contributed by atoms with Crippen LogP contribution in [0.3, 0.4) is 0 Å². The molecule has 0 saturated carbocycles. The summed E-state index contributed by atoms with van der Waals surface area (Å²) in [4.78, 5) is 8.73. The van der Waals surface area contributed by atoms with Crippen molar-refractivity contribution in [2.75, 3.05) is 5.32 Å². The lowest BCUT2D eigenvalue weighted by Crippen LogP contribution is -1.92. The smallest absolute Gasteiger partial charge is 0.187 e. The molecular weight excluding hydrogens is 314 g/mol. The number of hydrogen-bond acceptors (Lipinski definition) is 4. The third kappa shape index (κ3) is 3.13. The lowest BCUT2D eigenvalue weighted by molar-refractivity contribution is 1.28. The number of aryl methyl sites for hydroxylation is 3. The summed E-state index contributed by atoms with van der Waals surface area (Å²) in [6.45, 7) is 6.38. The molecule has 0 fully saturated rings. The minimum Gasteiger partial charge on any atom is -0.330 e. The highest BCUT2D eigenvalue weighted by atomic mass is 35.5. The standard InChI is InChI=1S/C17H16ClN3S/c1-10-6-12(3)14(7-11(10)2)15-9-22-17(21-15)20-13-4-5-16(18)19-8-13/h4-9H,1-3H3,(H,20,21). The number of anilines is 2. The van der Waals surface area contributed by atoms with E-state index in [-0.39, 0.29) is 0 Å². The summed E-state index contributed by atoms with van der Waals surface area (Å²) >= 11 is 7.37. The van der Waals surface area contributed by atoms with Crippen LogP contribution in [0, 0.1) is 20.8 Å². The number of benzene rings is 1. The molecule has 22 heavy (non-hydrogen) atoms. The van der Waals surface area contributed by atoms with Crippen LogP contribution in [0.4, 0.5) is 10.8 Å². The van der Waals surface area contributed by atoms with Gasteiger partial charge < -0.3 is 5.32 Å². The molecule has 0 bridgehead atoms. The Balaban J connectivity index is 1.87. The fourth-order valence-corrected chi connectivity index (χ4v) is 3.11. The van der Waals surface area contributed by atoms with E-state index in [1.165, 1.54) is 22.3 Å². The lowest BCUT2D eigenvalue weighted by Gasteiger charge is -2.07. The van der Waals surface area contributed by atoms with Crippen LogP contribution in [0.5, 0.6) is 0 Å². The maximum absolute atomic E-state index is 5.79. The van der Waals surface area contributed by atoms with E-state index in [9.17, 15) is 0 Å². The van der Waals surface area contributed by atoms with Crippen molar-refractivity contribution in [1.82, 2.24) is 9.97 Å². The Morgan fingerprint density at radius 1 is 1.05 bits per heavy atom. The first-order chi connectivity index (χ1) is 10.5. The first kappa shape index (κ1) is 15.0. The van der Waals surface area contributed by atoms with E-state index in [0.29, 0.717) is 5.15 Å². The average Bonchev–Trinajstić information content (AvgIpc) is 2.93. The molecule has 5 heteroatoms. The lowest BCUT2D eigenvalue weighted by atomic mass is 9.99. The van der Waals surface area contributed by atoms with Crippen molar-refractivity contribution in [1.29, 1.82) is 0 Å². The van der Waals surface area contributed by atoms with Gasteiger partial charge in [-0.2, -0.15) is 0 Å². The first-order valence-electron chi connectivity index (χ1n) is 6.95. The molecule has 0 saturated heterocycles. The van der Waals surface area contributed by atoms with Gasteiger partial charge in [0.1, 0.15) is 5.15 Å². The minimum atomic E-state index is 0.483. The number of pyridine rings is 1. The quantitative estimate of drug-likeness (QED) is 0.642. The number of rotatable bonds is 3. The number of thiazole rings is 1. The van der Waals surface area contributed by atoms with Crippen LogP contribution in [0.2, 0.25) is 5.15 Å². The second-order valence-electron chi connectivity index (χ2n) is 5.28. The number of hydrogen-bond donors (Lipinski definition) is 1. The van der Waals surface area contributed by atoms with E-state index in [2.05, 4.69) is 53.6 Å². The summed E-state index contributed by atoms with van der Waals surface area (Å²) < 4.78 is 0. The SMILES string of the molecule is Cc1cc(C)c(-c2csc(Nc3ccc(Cl)nc3)n2)cc1C. The van der Waals surface area contributed by atoms with Crippen LogP contribution in [0.15, 0.2) is 35.8 Å². The molecule has 112 valence electrons. The Kier molecular flexibility index (Phi) is 4.14. The molecule has 3 rings (SSSR count). The largest absolute Gasteiger partial charge is 0.330 e. The van der Waals surface area contributed by atoms with Crippen molar-refractivity contribution in [2.24, 2.45) is 0 Å². The molecule has 0 atom stereocenters. The molecule has 0 aliphatic heterocycles. The Bertz CT molecular complexity index is 809. The highest BCUT2D eigenvalue weighted by Crippen LogP contribution is 2.30. The molecule has 0 amide bonds. The molecule has 2 heterocycles. The van der Waals surface area contributed by atoms with E-state index in [1.807, 2.05) is 6.07 Å². The number of aromatic nitrogens is 2. The Hall–Kier alpha value is -1.91. The summed E-state index contributed by atoms with van der Waals surface area (Å²) in [5.41, 5.74) is 6.89. The van der Waals surface area contributed by atoms with E-state index < -0.39 is 0 Å². The van der Waals surface area contributed by atoms with Crippen molar-refractivity contribution in [2.45, 2.75) is 20.8 Å². The Labute approximate surface area is 139 Å². The van der Waals surface area contributed by atoms with Gasteiger partial charge in [0.25, 0.3) is 0 Å². The zero-order chi connectivity index (χ0) is 15.7. The van der Waals surface area contributed by atoms with Gasteiger partial charge in [-0.3, -0.25) is 0 Å². The van der Waals surface area contributed by atoms with Gasteiger partial charge in [-0.15, -0.1) is 11.3 Å². The number of nitrogens with one attached hydrogen (secondary N) is 1. The number of nitrogens with zero attached hydrogens (tertiary/aromatic N) is 2. The molecule has 0 radical (unpaired) electrons. The molecule has 0 aliphatic carbocycles. The van der Waals surface area contributed by atoms with Crippen LogP contribution in [0.25, 0.3) is 11.3 Å². The second kappa shape index (κ2) is 6.07. The Morgan fingerprint density at radius 2 is 1.82 bits per heavy atom. The van der Waals surface area contributed by atoms with Gasteiger partial charge in [-0.05, 0) is 55.7 Å². The molecular formula is C17H16ClN3S. The van der Waals surface area contributed by atoms with Gasteiger partial charge in [0.05, 0.1) is 17.6 Å². The van der Waals surface area contributed by atoms with Crippen molar-refractivity contribution in [3.8, 4) is 11.3 Å². The molecule has 3 aromatic rings. The average molecular weight is 330 g/mol. The monoisotopic (exact) mass is 329 g/mol. The van der Waals surface area contributed by atoms with Gasteiger partial charge in [0.15, 0.2) is 5.13 Å². The van der Waals surface area contributed by atoms with Crippen LogP contribution >= 0.6 is 22.9 Å². The van der Waals surface area contributed by atoms with Gasteiger partial charge in [0, 0.05) is 10.9 Å². The van der Waals surface area contributed by atoms with Crippen molar-refractivity contribution < 1.29 is 0 Å². The van der Waals surface area contributed by atoms with Gasteiger partial charge in [0.2, 0.25) is 0 Å². The highest BCUT2D eigenvalue weighted by molar-refractivity contribution is 7.14. The normalized spacial score (nSPS) is 10.7. The molecule has 2 aromatic heterocycles. The van der Waals surface area contributed by atoms with Crippen molar-refractivity contribution >= 4 is 33.8 Å². The van der Waals surface area contributed by atoms with Gasteiger partial charge in [-0.25, -0.2) is 9.97 Å². The topological polar surface area (TPSA) is 37.8 Å². The second-order valence-corrected chi connectivity index (χ2v) is 6.53. The minimum absolute atomic E-state index is 0.483. The first-order valence-corrected chi connectivity index (χ1v) is 8.21. The molecule has 3 nitrogen and oxygen atoms in total. The molecule has 0 unspecified atom stereocenters. The van der Waals surface area contributed by atoms with Crippen LogP contribution in [0.1, 0.15) is 16.7 Å². The maximum atomic E-state index is 5.79. The van der Waals surface area contributed by atoms with E-state index in [0.717, 1.165) is 16.5 Å². The summed E-state index contributed by atoms with van der Waals surface area (Å²) in [5.74, 6) is 0. The predicted molar refractivity (Wildman–Crippen MR) is 94.3 cm³/mol. The predicted octanol–water partition coefficient (Wildman–Crippen LogP) is 5.53. The molecule has 0 aliphatic rings. The molecule has 0 spiro atoms. The third-order valence-corrected chi connectivity index (χ3v) is 4.58. The van der Waals surface area contributed by atoms with Crippen LogP contribution < -0.4 is 5.32 Å². The van der Waals surface area contributed by atoms with E-state index >= 15 is 0 Å². The van der Waals surface area contributed by atoms with Crippen LogP contribution in [-0.4, -0.2) is 9.97 Å². The van der Waals surface area contributed by atoms with Crippen molar-refractivity contribution in [3.05, 3.63) is 57.7 Å². The maximum Gasteiger partial charge on any atom is 0.187 e. The third-order valence-electron chi connectivity index (χ3n) is 3.60. The summed E-state index contributed by atoms with van der Waals surface area (Å²) in [6.07, 6.45) is 1.70. The molecule has 1 aromatic carbocycles. The fraction of sp³-hybridized carbons (Fsp3) is 0.176. The highest BCUT2D eigenvalue weighted by Gasteiger charge is 2.09. The van der Waals surface area contributed by atoms with Crippen molar-refractivity contribution in [3.63, 3.8) is 0 Å². The van der Waals surface area contributed by atoms with Gasteiger partial charge >= 0.3 is 0 Å². The van der Waals surface area contributed by atoms with E-state index in [4.69, 9.17) is 11.6 Å². The summed E-state index contributed by atoms with van der Waals surface area (Å²) in [7, 11) is 0. The van der Waals surface area contributed by atoms with Crippen LogP contribution in [-0.2, 0) is 0 Å². The fourth-order valence-electron chi connectivity index (χ4n) is 2.26. The van der Waals surface area contributed by atoms with Gasteiger partial charge in [-0.1, -0.05) is 17.7 Å². The Morgan fingerprint density at radius 3 is 2.55 bits per heavy atom. The summed E-state index contributed by atoms with van der Waals surface area (Å²) in [5, 5.41) is 6.65. The zero-order valence-electron chi connectivity index (χ0n) is 12.6. The number of halogens is 1.